The molecule has 0 spiro atoms. The summed E-state index contributed by atoms with van der Waals surface area (Å²) in [7, 11) is 0. The third-order valence-corrected chi connectivity index (χ3v) is 3.99. The van der Waals surface area contributed by atoms with Gasteiger partial charge in [-0.15, -0.1) is 0 Å². The number of hydrogen-bond acceptors (Lipinski definition) is 6. The minimum Gasteiger partial charge on any atom is -0.480 e. The Hall–Kier alpha value is -2.59. The van der Waals surface area contributed by atoms with Crippen LogP contribution in [0, 0.1) is 0 Å². The monoisotopic (exact) mass is 396 g/mol. The van der Waals surface area contributed by atoms with Gasteiger partial charge in [-0.05, 0) is 18.9 Å². The molecule has 0 saturated carbocycles. The summed E-state index contributed by atoms with van der Waals surface area (Å²) in [6, 6.07) is 6.34. The molecule has 0 fully saturated rings. The molecule has 0 aliphatic carbocycles. The van der Waals surface area contributed by atoms with E-state index >= 15 is 0 Å². The Bertz CT molecular complexity index is 671. The van der Waals surface area contributed by atoms with Crippen molar-refractivity contribution in [2.75, 3.05) is 12.3 Å². The fraction of sp³-hybridized carbons (Fsp3) is 0.412. The predicted octanol–water partition coefficient (Wildman–Crippen LogP) is -1.32. The molecule has 0 aliphatic heterocycles. The largest absolute Gasteiger partial charge is 0.480 e. The summed E-state index contributed by atoms with van der Waals surface area (Å²) in [6.45, 7) is 1.03. The average Bonchev–Trinajstić information content (AvgIpc) is 2.64. The maximum Gasteiger partial charge on any atom is 0.327 e. The molecule has 3 unspecified atom stereocenters. The van der Waals surface area contributed by atoms with E-state index in [4.69, 9.17) is 10.8 Å². The molecule has 1 aromatic carbocycles. The molecule has 3 amide bonds. The molecule has 10 heteroatoms. The van der Waals surface area contributed by atoms with Gasteiger partial charge >= 0.3 is 5.97 Å². The van der Waals surface area contributed by atoms with Crippen LogP contribution in [-0.4, -0.2) is 59.2 Å². The van der Waals surface area contributed by atoms with Crippen LogP contribution in [-0.2, 0) is 25.6 Å². The second-order valence-corrected chi connectivity index (χ2v) is 6.25. The molecule has 148 valence electrons. The highest BCUT2D eigenvalue weighted by atomic mass is 32.1. The zero-order chi connectivity index (χ0) is 20.4. The van der Waals surface area contributed by atoms with Crippen molar-refractivity contribution in [3.05, 3.63) is 35.9 Å². The lowest BCUT2D eigenvalue weighted by molar-refractivity contribution is -0.141. The molecule has 6 N–H and O–H groups in total. The van der Waals surface area contributed by atoms with E-state index in [2.05, 4.69) is 28.6 Å². The second kappa shape index (κ2) is 11.2. The van der Waals surface area contributed by atoms with Crippen LogP contribution in [0.2, 0.25) is 0 Å². The standard InChI is InChI=1S/C17H24N4O5S/c1-10(15(23)19-8-14(22)21-13(9-27)17(25)26)20-16(24)12(18)7-11-5-3-2-4-6-11/h2-6,10,12-13,27H,7-9,18H2,1H3,(H,19,23)(H,20,24)(H,21,22)(H,25,26). The predicted molar refractivity (Wildman–Crippen MR) is 102 cm³/mol. The molecular formula is C17H24N4O5S. The van der Waals surface area contributed by atoms with Crippen molar-refractivity contribution < 1.29 is 24.3 Å². The van der Waals surface area contributed by atoms with Gasteiger partial charge in [-0.3, -0.25) is 14.4 Å². The first kappa shape index (κ1) is 22.5. The molecule has 0 aliphatic rings. The Morgan fingerprint density at radius 3 is 2.30 bits per heavy atom. The van der Waals surface area contributed by atoms with E-state index in [1.807, 2.05) is 30.3 Å². The van der Waals surface area contributed by atoms with Crippen LogP contribution >= 0.6 is 12.6 Å². The zero-order valence-corrected chi connectivity index (χ0v) is 15.7. The van der Waals surface area contributed by atoms with E-state index in [-0.39, 0.29) is 5.75 Å². The first-order valence-electron chi connectivity index (χ1n) is 8.25. The number of carboxylic acids is 1. The number of amides is 3. The molecule has 0 bridgehead atoms. The minimum atomic E-state index is -1.22. The first-order valence-corrected chi connectivity index (χ1v) is 8.88. The molecule has 0 saturated heterocycles. The molecule has 1 rings (SSSR count). The van der Waals surface area contributed by atoms with Crippen molar-refractivity contribution in [2.24, 2.45) is 5.73 Å². The Balaban J connectivity index is 2.41. The summed E-state index contributed by atoms with van der Waals surface area (Å²) in [5.74, 6) is -3.07. The molecular weight excluding hydrogens is 372 g/mol. The van der Waals surface area contributed by atoms with Crippen LogP contribution in [0.3, 0.4) is 0 Å². The van der Waals surface area contributed by atoms with Crippen molar-refractivity contribution in [3.63, 3.8) is 0 Å². The smallest absolute Gasteiger partial charge is 0.327 e. The van der Waals surface area contributed by atoms with Gasteiger partial charge in [0.1, 0.15) is 12.1 Å². The van der Waals surface area contributed by atoms with Crippen molar-refractivity contribution in [3.8, 4) is 0 Å². The van der Waals surface area contributed by atoms with Gasteiger partial charge in [0.15, 0.2) is 0 Å². The molecule has 0 radical (unpaired) electrons. The number of hydrogen-bond donors (Lipinski definition) is 6. The fourth-order valence-electron chi connectivity index (χ4n) is 2.10. The topological polar surface area (TPSA) is 151 Å². The van der Waals surface area contributed by atoms with Crippen molar-refractivity contribution in [2.45, 2.75) is 31.5 Å². The Morgan fingerprint density at radius 2 is 1.74 bits per heavy atom. The SMILES string of the molecule is CC(NC(=O)C(N)Cc1ccccc1)C(=O)NCC(=O)NC(CS)C(=O)O. The number of nitrogens with one attached hydrogen (secondary N) is 3. The Labute approximate surface area is 162 Å². The van der Waals surface area contributed by atoms with Crippen molar-refractivity contribution >= 4 is 36.3 Å². The number of carboxylic acid groups (broad SMARTS) is 1. The molecule has 1 aromatic rings. The maximum atomic E-state index is 12.1. The zero-order valence-electron chi connectivity index (χ0n) is 14.8. The molecule has 27 heavy (non-hydrogen) atoms. The molecule has 3 atom stereocenters. The lowest BCUT2D eigenvalue weighted by Gasteiger charge is -2.18. The average molecular weight is 396 g/mol. The number of rotatable bonds is 10. The summed E-state index contributed by atoms with van der Waals surface area (Å²) in [4.78, 5) is 46.5. The normalized spacial score (nSPS) is 13.7. The maximum absolute atomic E-state index is 12.1. The van der Waals surface area contributed by atoms with Crippen LogP contribution in [0.4, 0.5) is 0 Å². The highest BCUT2D eigenvalue weighted by molar-refractivity contribution is 7.80. The Morgan fingerprint density at radius 1 is 1.11 bits per heavy atom. The van der Waals surface area contributed by atoms with Crippen LogP contribution in [0.1, 0.15) is 12.5 Å². The minimum absolute atomic E-state index is 0.0826. The highest BCUT2D eigenvalue weighted by Gasteiger charge is 2.22. The number of benzene rings is 1. The van der Waals surface area contributed by atoms with Crippen molar-refractivity contribution in [1.82, 2.24) is 16.0 Å². The summed E-state index contributed by atoms with van der Waals surface area (Å²) < 4.78 is 0. The van der Waals surface area contributed by atoms with Crippen LogP contribution in [0.5, 0.6) is 0 Å². The molecule has 9 nitrogen and oxygen atoms in total. The van der Waals surface area contributed by atoms with E-state index < -0.39 is 48.4 Å². The van der Waals surface area contributed by atoms with Gasteiger partial charge in [0.2, 0.25) is 17.7 Å². The summed E-state index contributed by atoms with van der Waals surface area (Å²) >= 11 is 3.82. The Kier molecular flexibility index (Phi) is 9.31. The molecule has 0 aromatic heterocycles. The second-order valence-electron chi connectivity index (χ2n) is 5.89. The van der Waals surface area contributed by atoms with Gasteiger partial charge in [-0.1, -0.05) is 30.3 Å². The third kappa shape index (κ3) is 8.09. The number of aliphatic carboxylic acids is 1. The number of thiol groups is 1. The van der Waals surface area contributed by atoms with Gasteiger partial charge in [-0.25, -0.2) is 4.79 Å². The lowest BCUT2D eigenvalue weighted by Crippen LogP contribution is -2.52. The van der Waals surface area contributed by atoms with Gasteiger partial charge in [0.05, 0.1) is 12.6 Å². The lowest BCUT2D eigenvalue weighted by atomic mass is 10.1. The number of carbonyl (C=O) groups excluding carboxylic acids is 3. The van der Waals surface area contributed by atoms with E-state index in [0.717, 1.165) is 5.56 Å². The quantitative estimate of drug-likeness (QED) is 0.270. The first-order chi connectivity index (χ1) is 12.7. The molecule has 0 heterocycles. The number of nitrogens with two attached hydrogens (primary N) is 1. The van der Waals surface area contributed by atoms with Gasteiger partial charge in [-0.2, -0.15) is 12.6 Å². The van der Waals surface area contributed by atoms with E-state index in [9.17, 15) is 19.2 Å². The summed E-state index contributed by atoms with van der Waals surface area (Å²) in [5, 5.41) is 15.8. The van der Waals surface area contributed by atoms with E-state index in [0.29, 0.717) is 6.42 Å². The van der Waals surface area contributed by atoms with E-state index in [1.54, 1.807) is 0 Å². The van der Waals surface area contributed by atoms with E-state index in [1.165, 1.54) is 6.92 Å². The van der Waals surface area contributed by atoms with Crippen LogP contribution in [0.15, 0.2) is 30.3 Å². The fourth-order valence-corrected chi connectivity index (χ4v) is 2.35. The number of carbonyl (C=O) groups is 4. The third-order valence-electron chi connectivity index (χ3n) is 3.63. The van der Waals surface area contributed by atoms with Crippen LogP contribution in [0.25, 0.3) is 0 Å². The van der Waals surface area contributed by atoms with Gasteiger partial charge in [0.25, 0.3) is 0 Å². The summed E-state index contributed by atoms with van der Waals surface area (Å²) in [5.41, 5.74) is 6.74. The van der Waals surface area contributed by atoms with Gasteiger partial charge in [0, 0.05) is 5.75 Å². The summed E-state index contributed by atoms with van der Waals surface area (Å²) in [6.07, 6.45) is 0.323. The van der Waals surface area contributed by atoms with Crippen molar-refractivity contribution in [1.29, 1.82) is 0 Å². The van der Waals surface area contributed by atoms with Gasteiger partial charge < -0.3 is 26.8 Å². The van der Waals surface area contributed by atoms with Crippen LogP contribution < -0.4 is 21.7 Å². The highest BCUT2D eigenvalue weighted by Crippen LogP contribution is 2.02.